The number of hydrogen-bond acceptors (Lipinski definition) is 4. The van der Waals surface area contributed by atoms with Crippen LogP contribution in [0.25, 0.3) is 11.1 Å². The van der Waals surface area contributed by atoms with Gasteiger partial charge in [0, 0.05) is 11.3 Å². The highest BCUT2D eigenvalue weighted by molar-refractivity contribution is 6.04. The fourth-order valence-electron chi connectivity index (χ4n) is 3.29. The van der Waals surface area contributed by atoms with Crippen LogP contribution in [0.4, 0.5) is 11.5 Å². The lowest BCUT2D eigenvalue weighted by atomic mass is 10.1. The number of carbonyl (C=O) groups excluding carboxylic acids is 2. The second-order valence-electron chi connectivity index (χ2n) is 6.65. The minimum absolute atomic E-state index is 0.0108. The van der Waals surface area contributed by atoms with Gasteiger partial charge in [0.25, 0.3) is 5.91 Å². The molecule has 4 rings (SSSR count). The fourth-order valence-corrected chi connectivity index (χ4v) is 3.29. The Labute approximate surface area is 162 Å². The minimum atomic E-state index is -0.675. The standard InChI is InChI=1S/C21H20N4O3/c1-13-5-3-4-6-17(13)23-19(26)11-18-21(27)24-20-16(12-22-25(18)20)14-7-9-15(28-2)10-8-14/h3-10,12,18H,11H2,1-2H3,(H,23,26)(H,24,27). The predicted octanol–water partition coefficient (Wildman–Crippen LogP) is 3.39. The first kappa shape index (κ1) is 17.8. The number of nitrogens with one attached hydrogen (secondary N) is 2. The molecule has 1 aliphatic heterocycles. The molecule has 0 aliphatic carbocycles. The molecule has 0 saturated heterocycles. The van der Waals surface area contributed by atoms with Crippen LogP contribution in [0.2, 0.25) is 0 Å². The first-order valence-corrected chi connectivity index (χ1v) is 8.95. The highest BCUT2D eigenvalue weighted by atomic mass is 16.5. The van der Waals surface area contributed by atoms with Crippen molar-refractivity contribution in [2.24, 2.45) is 0 Å². The van der Waals surface area contributed by atoms with E-state index in [1.54, 1.807) is 18.0 Å². The molecule has 0 radical (unpaired) electrons. The van der Waals surface area contributed by atoms with E-state index in [0.29, 0.717) is 5.82 Å². The zero-order valence-electron chi connectivity index (χ0n) is 15.6. The first-order valence-electron chi connectivity index (χ1n) is 8.95. The van der Waals surface area contributed by atoms with Crippen molar-refractivity contribution in [1.82, 2.24) is 9.78 Å². The van der Waals surface area contributed by atoms with Crippen molar-refractivity contribution in [1.29, 1.82) is 0 Å². The summed E-state index contributed by atoms with van der Waals surface area (Å²) in [6.45, 7) is 1.92. The van der Waals surface area contributed by atoms with E-state index in [1.165, 1.54) is 0 Å². The average Bonchev–Trinajstić information content (AvgIpc) is 3.23. The van der Waals surface area contributed by atoms with Gasteiger partial charge in [-0.15, -0.1) is 0 Å². The third-order valence-corrected chi connectivity index (χ3v) is 4.83. The number of para-hydroxylation sites is 1. The second kappa shape index (κ2) is 7.19. The molecule has 0 bridgehead atoms. The van der Waals surface area contributed by atoms with Crippen molar-refractivity contribution in [3.8, 4) is 16.9 Å². The maximum atomic E-state index is 12.5. The van der Waals surface area contributed by atoms with Crippen molar-refractivity contribution in [3.63, 3.8) is 0 Å². The topological polar surface area (TPSA) is 85.2 Å². The number of aryl methyl sites for hydroxylation is 1. The van der Waals surface area contributed by atoms with Crippen LogP contribution >= 0.6 is 0 Å². The molecular formula is C21H20N4O3. The molecule has 2 heterocycles. The van der Waals surface area contributed by atoms with Gasteiger partial charge in [0.05, 0.1) is 19.7 Å². The number of carbonyl (C=O) groups is 2. The van der Waals surface area contributed by atoms with Gasteiger partial charge in [-0.1, -0.05) is 30.3 Å². The number of ether oxygens (including phenoxy) is 1. The van der Waals surface area contributed by atoms with Crippen molar-refractivity contribution < 1.29 is 14.3 Å². The Morgan fingerprint density at radius 2 is 1.96 bits per heavy atom. The van der Waals surface area contributed by atoms with Gasteiger partial charge in [-0.3, -0.25) is 9.59 Å². The summed E-state index contributed by atoms with van der Waals surface area (Å²) < 4.78 is 6.76. The molecule has 1 aliphatic rings. The molecule has 1 atom stereocenters. The molecule has 0 fully saturated rings. The number of methoxy groups -OCH3 is 1. The molecule has 1 aromatic heterocycles. The van der Waals surface area contributed by atoms with Crippen LogP contribution in [0.1, 0.15) is 18.0 Å². The van der Waals surface area contributed by atoms with E-state index in [-0.39, 0.29) is 18.2 Å². The summed E-state index contributed by atoms with van der Waals surface area (Å²) in [5.41, 5.74) is 3.42. The number of benzene rings is 2. The maximum absolute atomic E-state index is 12.5. The van der Waals surface area contributed by atoms with Crippen molar-refractivity contribution >= 4 is 23.3 Å². The van der Waals surface area contributed by atoms with Crippen molar-refractivity contribution in [2.75, 3.05) is 17.7 Å². The summed E-state index contributed by atoms with van der Waals surface area (Å²) in [5, 5.41) is 10.1. The third kappa shape index (κ3) is 3.22. The molecule has 3 aromatic rings. The van der Waals surface area contributed by atoms with Crippen molar-refractivity contribution in [3.05, 3.63) is 60.3 Å². The molecule has 2 amide bonds. The van der Waals surface area contributed by atoms with Gasteiger partial charge in [0.15, 0.2) is 0 Å². The van der Waals surface area contributed by atoms with E-state index in [2.05, 4.69) is 15.7 Å². The normalized spacial score (nSPS) is 15.1. The monoisotopic (exact) mass is 376 g/mol. The average molecular weight is 376 g/mol. The van der Waals surface area contributed by atoms with Crippen LogP contribution in [-0.4, -0.2) is 28.7 Å². The molecule has 0 spiro atoms. The quantitative estimate of drug-likeness (QED) is 0.715. The zero-order valence-corrected chi connectivity index (χ0v) is 15.6. The SMILES string of the molecule is COc1ccc(-c2cnn3c2NC(=O)C3CC(=O)Nc2ccccc2C)cc1. The number of hydrogen-bond donors (Lipinski definition) is 2. The third-order valence-electron chi connectivity index (χ3n) is 4.83. The predicted molar refractivity (Wildman–Crippen MR) is 106 cm³/mol. The van der Waals surface area contributed by atoms with Crippen LogP contribution in [0, 0.1) is 6.92 Å². The molecule has 0 saturated carbocycles. The van der Waals surface area contributed by atoms with E-state index in [1.807, 2.05) is 55.5 Å². The summed E-state index contributed by atoms with van der Waals surface area (Å²) in [5.74, 6) is 0.882. The van der Waals surface area contributed by atoms with Gasteiger partial charge in [-0.2, -0.15) is 5.10 Å². The number of anilines is 2. The molecule has 2 N–H and O–H groups in total. The van der Waals surface area contributed by atoms with Crippen LogP contribution in [0.5, 0.6) is 5.75 Å². The van der Waals surface area contributed by atoms with Gasteiger partial charge in [-0.05, 0) is 36.2 Å². The second-order valence-corrected chi connectivity index (χ2v) is 6.65. The van der Waals surface area contributed by atoms with Crippen LogP contribution < -0.4 is 15.4 Å². The Hall–Kier alpha value is -3.61. The number of fused-ring (bicyclic) bond motifs is 1. The molecule has 7 heteroatoms. The molecular weight excluding hydrogens is 356 g/mol. The van der Waals surface area contributed by atoms with Crippen LogP contribution in [-0.2, 0) is 9.59 Å². The van der Waals surface area contributed by atoms with E-state index >= 15 is 0 Å². The number of nitrogens with zero attached hydrogens (tertiary/aromatic N) is 2. The lowest BCUT2D eigenvalue weighted by Crippen LogP contribution is -2.23. The molecule has 2 aromatic carbocycles. The van der Waals surface area contributed by atoms with Gasteiger partial charge in [0.2, 0.25) is 5.91 Å². The highest BCUT2D eigenvalue weighted by Crippen LogP contribution is 2.36. The summed E-state index contributed by atoms with van der Waals surface area (Å²) >= 11 is 0. The minimum Gasteiger partial charge on any atom is -0.497 e. The first-order chi connectivity index (χ1) is 13.6. The van der Waals surface area contributed by atoms with Gasteiger partial charge in [-0.25, -0.2) is 4.68 Å². The van der Waals surface area contributed by atoms with Gasteiger partial charge >= 0.3 is 0 Å². The van der Waals surface area contributed by atoms with Crippen LogP contribution in [0.3, 0.4) is 0 Å². The fraction of sp³-hybridized carbons (Fsp3) is 0.190. The lowest BCUT2D eigenvalue weighted by Gasteiger charge is -2.11. The number of rotatable bonds is 5. The smallest absolute Gasteiger partial charge is 0.251 e. The number of amides is 2. The molecule has 28 heavy (non-hydrogen) atoms. The zero-order chi connectivity index (χ0) is 19.7. The Morgan fingerprint density at radius 3 is 2.68 bits per heavy atom. The Bertz CT molecular complexity index is 1040. The van der Waals surface area contributed by atoms with Crippen LogP contribution in [0.15, 0.2) is 54.7 Å². The Morgan fingerprint density at radius 1 is 1.21 bits per heavy atom. The largest absolute Gasteiger partial charge is 0.497 e. The molecule has 142 valence electrons. The number of aromatic nitrogens is 2. The summed E-state index contributed by atoms with van der Waals surface area (Å²) in [6.07, 6.45) is 1.71. The lowest BCUT2D eigenvalue weighted by molar-refractivity contribution is -0.123. The van der Waals surface area contributed by atoms with E-state index in [9.17, 15) is 9.59 Å². The summed E-state index contributed by atoms with van der Waals surface area (Å²) in [6, 6.07) is 14.4. The molecule has 1 unspecified atom stereocenters. The van der Waals surface area contributed by atoms with E-state index < -0.39 is 6.04 Å². The highest BCUT2D eigenvalue weighted by Gasteiger charge is 2.35. The Kier molecular flexibility index (Phi) is 4.57. The summed E-state index contributed by atoms with van der Waals surface area (Å²) in [4.78, 5) is 24.9. The maximum Gasteiger partial charge on any atom is 0.251 e. The van der Waals surface area contributed by atoms with E-state index in [4.69, 9.17) is 4.74 Å². The molecule has 7 nitrogen and oxygen atoms in total. The van der Waals surface area contributed by atoms with Crippen molar-refractivity contribution in [2.45, 2.75) is 19.4 Å². The van der Waals surface area contributed by atoms with E-state index in [0.717, 1.165) is 28.1 Å². The summed E-state index contributed by atoms with van der Waals surface area (Å²) in [7, 11) is 1.61. The Balaban J connectivity index is 1.54. The van der Waals surface area contributed by atoms with Gasteiger partial charge in [0.1, 0.15) is 17.6 Å². The van der Waals surface area contributed by atoms with Gasteiger partial charge < -0.3 is 15.4 Å².